The Kier molecular flexibility index (Phi) is 8.87. The molecule has 1 aliphatic heterocycles. The molecule has 5 atom stereocenters. The second-order valence-corrected chi connectivity index (χ2v) is 7.93. The summed E-state index contributed by atoms with van der Waals surface area (Å²) in [7, 11) is 0. The van der Waals surface area contributed by atoms with Crippen LogP contribution in [0.3, 0.4) is 0 Å². The van der Waals surface area contributed by atoms with Crippen LogP contribution in [-0.2, 0) is 10.6 Å². The summed E-state index contributed by atoms with van der Waals surface area (Å²) in [6.45, 7) is 0.989. The zero-order valence-corrected chi connectivity index (χ0v) is 18.1. The molecule has 188 valence electrons. The van der Waals surface area contributed by atoms with Crippen LogP contribution < -0.4 is 11.2 Å². The molecule has 0 radical (unpaired) electrons. The number of carboxylic acid groups (broad SMARTS) is 1. The maximum atomic E-state index is 14.8. The highest BCUT2D eigenvalue weighted by Crippen LogP contribution is 2.44. The molecule has 2 rings (SSSR count). The second kappa shape index (κ2) is 10.8. The van der Waals surface area contributed by atoms with Crippen LogP contribution in [-0.4, -0.2) is 82.2 Å². The van der Waals surface area contributed by atoms with Crippen molar-refractivity contribution >= 4 is 5.97 Å². The third kappa shape index (κ3) is 5.01. The first-order valence-electron chi connectivity index (χ1n) is 10.6. The van der Waals surface area contributed by atoms with Crippen molar-refractivity contribution in [2.45, 2.75) is 82.0 Å². The molecule has 1 aromatic rings. The lowest BCUT2D eigenvalue weighted by molar-refractivity contribution is -0.428. The molecule has 13 nitrogen and oxygen atoms in total. The van der Waals surface area contributed by atoms with E-state index in [1.165, 1.54) is 0 Å². The quantitative estimate of drug-likeness (QED) is 0.0839. The number of ether oxygens (including phenoxy) is 1. The Balaban J connectivity index is 2.41. The lowest BCUT2D eigenvalue weighted by atomic mass is 9.99. The summed E-state index contributed by atoms with van der Waals surface area (Å²) in [6, 6.07) is 0. The molecule has 1 aliphatic rings. The minimum Gasteiger partial charge on any atom is -0.477 e. The van der Waals surface area contributed by atoms with Gasteiger partial charge in [-0.25, -0.2) is 18.5 Å². The highest BCUT2D eigenvalue weighted by atomic mass is 19.1. The Morgan fingerprint density at radius 2 is 1.88 bits per heavy atom. The molecule has 14 heteroatoms. The van der Waals surface area contributed by atoms with Gasteiger partial charge >= 0.3 is 17.6 Å². The Hall–Kier alpha value is -2.20. The first-order valence-corrected chi connectivity index (χ1v) is 10.6. The van der Waals surface area contributed by atoms with Gasteiger partial charge in [0, 0.05) is 6.20 Å². The van der Waals surface area contributed by atoms with E-state index in [4.69, 9.17) is 9.84 Å². The summed E-state index contributed by atoms with van der Waals surface area (Å²) >= 11 is 0. The molecule has 0 bridgehead atoms. The van der Waals surface area contributed by atoms with Gasteiger partial charge in [-0.15, -0.1) is 5.06 Å². The molecular weight excluding hydrogens is 449 g/mol. The molecule has 1 aromatic heterocycles. The number of nitrogens with zero attached hydrogens (tertiary/aromatic N) is 2. The smallest absolute Gasteiger partial charge is 0.342 e. The van der Waals surface area contributed by atoms with Crippen LogP contribution in [0.15, 0.2) is 15.8 Å². The molecular formula is C19H30FN3O10. The van der Waals surface area contributed by atoms with Gasteiger partial charge in [-0.05, 0) is 12.8 Å². The van der Waals surface area contributed by atoms with E-state index < -0.39 is 64.6 Å². The number of H-pyrrole nitrogens is 1. The van der Waals surface area contributed by atoms with Crippen LogP contribution in [0, 0.1) is 0 Å². The fraction of sp³-hybridized carbons (Fsp3) is 0.737. The van der Waals surface area contributed by atoms with Crippen molar-refractivity contribution in [2.75, 3.05) is 6.61 Å². The van der Waals surface area contributed by atoms with Crippen LogP contribution in [0.4, 0.5) is 4.39 Å². The summed E-state index contributed by atoms with van der Waals surface area (Å²) in [5, 5.41) is 61.1. The highest BCUT2D eigenvalue weighted by molar-refractivity contribution is 5.86. The van der Waals surface area contributed by atoms with Crippen LogP contribution in [0.5, 0.6) is 0 Å². The van der Waals surface area contributed by atoms with Crippen molar-refractivity contribution in [2.24, 2.45) is 0 Å². The normalized spacial score (nSPS) is 28.4. The number of aromatic nitrogens is 2. The predicted octanol–water partition coefficient (Wildman–Crippen LogP) is -0.985. The number of aliphatic hydroxyl groups is 4. The molecule has 33 heavy (non-hydrogen) atoms. The van der Waals surface area contributed by atoms with Gasteiger partial charge < -0.3 is 35.5 Å². The molecule has 0 aliphatic carbocycles. The summed E-state index contributed by atoms with van der Waals surface area (Å²) in [5.74, 6) is -5.33. The van der Waals surface area contributed by atoms with Gasteiger partial charge in [0.15, 0.2) is 6.30 Å². The summed E-state index contributed by atoms with van der Waals surface area (Å²) < 4.78 is 19.8. The number of hydrogen-bond acceptors (Lipinski definition) is 10. The number of aliphatic hydroxyl groups excluding tert-OH is 2. The molecule has 0 aromatic carbocycles. The first kappa shape index (κ1) is 27.0. The maximum Gasteiger partial charge on any atom is 0.342 e. The van der Waals surface area contributed by atoms with Crippen LogP contribution in [0.25, 0.3) is 0 Å². The Morgan fingerprint density at radius 3 is 2.45 bits per heavy atom. The number of carbonyl (C=O) groups is 1. The van der Waals surface area contributed by atoms with Gasteiger partial charge in [0.1, 0.15) is 17.8 Å². The monoisotopic (exact) mass is 479 g/mol. The third-order valence-electron chi connectivity index (χ3n) is 5.65. The van der Waals surface area contributed by atoms with Crippen LogP contribution >= 0.6 is 0 Å². The van der Waals surface area contributed by atoms with Gasteiger partial charge in [0.2, 0.25) is 5.72 Å². The third-order valence-corrected chi connectivity index (χ3v) is 5.65. The zero-order chi connectivity index (χ0) is 25.0. The summed E-state index contributed by atoms with van der Waals surface area (Å²) in [4.78, 5) is 36.9. The Labute approximate surface area is 187 Å². The Morgan fingerprint density at radius 1 is 1.27 bits per heavy atom. The van der Waals surface area contributed by atoms with E-state index in [0.29, 0.717) is 12.6 Å². The summed E-state index contributed by atoms with van der Waals surface area (Å²) in [6.07, 6.45) is -1.94. The van der Waals surface area contributed by atoms with Gasteiger partial charge in [0.25, 0.3) is 5.56 Å². The number of hydrogen-bond donors (Lipinski definition) is 7. The lowest BCUT2D eigenvalue weighted by Crippen LogP contribution is -2.70. The molecule has 0 amide bonds. The van der Waals surface area contributed by atoms with Crippen molar-refractivity contribution < 1.29 is 44.7 Å². The SMILES string of the molecule is CCCCCCCCC(F)N(O)[C@@]1(O)[C@H](O)[C@@H](CO)O[C@]1(O)n1cc(C(=O)O)c(=O)[nH]c1=O. The van der Waals surface area contributed by atoms with Gasteiger partial charge in [0.05, 0.1) is 6.61 Å². The lowest BCUT2D eigenvalue weighted by Gasteiger charge is -2.43. The van der Waals surface area contributed by atoms with Crippen LogP contribution in [0.1, 0.15) is 62.2 Å². The minimum atomic E-state index is -3.51. The maximum absolute atomic E-state index is 14.8. The van der Waals surface area contributed by atoms with Gasteiger partial charge in [-0.1, -0.05) is 39.0 Å². The molecule has 1 unspecified atom stereocenters. The fourth-order valence-electron chi connectivity index (χ4n) is 3.75. The van der Waals surface area contributed by atoms with Crippen molar-refractivity contribution in [1.82, 2.24) is 14.6 Å². The fourth-order valence-corrected chi connectivity index (χ4v) is 3.75. The van der Waals surface area contributed by atoms with E-state index >= 15 is 0 Å². The minimum absolute atomic E-state index is 0.0164. The number of halogens is 1. The average molecular weight is 479 g/mol. The highest BCUT2D eigenvalue weighted by Gasteiger charge is 2.71. The van der Waals surface area contributed by atoms with Crippen LogP contribution in [0.2, 0.25) is 0 Å². The molecule has 2 heterocycles. The number of alkyl halides is 1. The van der Waals surface area contributed by atoms with Crippen molar-refractivity contribution in [3.8, 4) is 0 Å². The number of hydroxylamine groups is 2. The molecule has 7 N–H and O–H groups in total. The number of carboxylic acids is 1. The molecule has 1 fully saturated rings. The molecule has 0 spiro atoms. The number of nitrogens with one attached hydrogen (secondary N) is 1. The number of unbranched alkanes of at least 4 members (excludes halogenated alkanes) is 5. The van der Waals surface area contributed by atoms with E-state index in [1.807, 2.05) is 6.92 Å². The van der Waals surface area contributed by atoms with E-state index in [-0.39, 0.29) is 17.4 Å². The molecule has 1 saturated heterocycles. The van der Waals surface area contributed by atoms with Crippen molar-refractivity contribution in [3.63, 3.8) is 0 Å². The van der Waals surface area contributed by atoms with Crippen molar-refractivity contribution in [3.05, 3.63) is 32.6 Å². The first-order chi connectivity index (χ1) is 15.4. The largest absolute Gasteiger partial charge is 0.477 e. The number of rotatable bonds is 12. The van der Waals surface area contributed by atoms with Crippen molar-refractivity contribution in [1.29, 1.82) is 0 Å². The number of aromatic amines is 1. The summed E-state index contributed by atoms with van der Waals surface area (Å²) in [5.41, 5.74) is -7.40. The average Bonchev–Trinajstić information content (AvgIpc) is 2.97. The topological polar surface area (TPSA) is 206 Å². The van der Waals surface area contributed by atoms with E-state index in [9.17, 15) is 44.4 Å². The predicted molar refractivity (Wildman–Crippen MR) is 108 cm³/mol. The molecule has 0 saturated carbocycles. The van der Waals surface area contributed by atoms with Gasteiger partial charge in [-0.2, -0.15) is 0 Å². The second-order valence-electron chi connectivity index (χ2n) is 7.93. The van der Waals surface area contributed by atoms with E-state index in [2.05, 4.69) is 0 Å². The van der Waals surface area contributed by atoms with Gasteiger partial charge in [-0.3, -0.25) is 9.78 Å². The number of aromatic carboxylic acids is 1. The zero-order valence-electron chi connectivity index (χ0n) is 18.1. The standard InChI is InChI=1S/C19H30FN3O10/c1-2-3-4-5-6-7-8-13(20)23(32)18(30)14(25)12(10-24)33-19(18,31)22-9-11(16(27)28)15(26)21-17(22)29/h9,12-14,24-25,30-32H,2-8,10H2,1H3,(H,27,28)(H,21,26,29)/t12-,13?,14-,18-,19+/m1/s1. The van der Waals surface area contributed by atoms with E-state index in [1.54, 1.807) is 4.98 Å². The van der Waals surface area contributed by atoms with E-state index in [0.717, 1.165) is 25.7 Å². The Bertz CT molecular complexity index is 939.